The molecule has 2 N–H and O–H groups in total. The number of fused-ring (bicyclic) bond motifs is 2. The van der Waals surface area contributed by atoms with Crippen molar-refractivity contribution < 1.29 is 44.6 Å². The smallest absolute Gasteiger partial charge is 0.408 e. The first-order valence-corrected chi connectivity index (χ1v) is 23.0. The average Bonchev–Trinajstić information content (AvgIpc) is 3.55. The van der Waals surface area contributed by atoms with Crippen molar-refractivity contribution in [2.45, 2.75) is 84.0 Å². The van der Waals surface area contributed by atoms with E-state index < -0.39 is 66.0 Å². The molecule has 0 spiro atoms. The first kappa shape index (κ1) is 41.8. The summed E-state index contributed by atoms with van der Waals surface area (Å²) in [5, 5.41) is 10.9. The van der Waals surface area contributed by atoms with E-state index in [0.29, 0.717) is 28.4 Å². The third-order valence-corrected chi connectivity index (χ3v) is 10.6. The van der Waals surface area contributed by atoms with Crippen molar-refractivity contribution in [2.24, 2.45) is 0 Å². The number of sulfonamides is 1. The van der Waals surface area contributed by atoms with Crippen LogP contribution in [0.2, 0.25) is 30.7 Å². The van der Waals surface area contributed by atoms with E-state index in [1.54, 1.807) is 26.8 Å². The second kappa shape index (κ2) is 15.7. The molecule has 0 saturated carbocycles. The van der Waals surface area contributed by atoms with E-state index in [9.17, 15) is 35.2 Å². The quantitative estimate of drug-likeness (QED) is 0.0685. The fourth-order valence-electron chi connectivity index (χ4n) is 5.79. The highest BCUT2D eigenvalue weighted by molar-refractivity contribution is 7.92. The number of alkyl halides is 3. The summed E-state index contributed by atoms with van der Waals surface area (Å²) in [6.45, 7) is 10.3. The van der Waals surface area contributed by atoms with E-state index >= 15 is 0 Å². The first-order chi connectivity index (χ1) is 25.4. The van der Waals surface area contributed by atoms with Crippen LogP contribution in [0.15, 0.2) is 42.6 Å². The van der Waals surface area contributed by atoms with Gasteiger partial charge in [0.1, 0.15) is 36.0 Å². The number of halogens is 6. The van der Waals surface area contributed by atoms with Crippen molar-refractivity contribution in [1.82, 2.24) is 29.9 Å². The number of ether oxygens (including phenoxy) is 2. The van der Waals surface area contributed by atoms with E-state index in [0.717, 1.165) is 24.4 Å². The minimum Gasteiger partial charge on any atom is -0.444 e. The van der Waals surface area contributed by atoms with Crippen LogP contribution in [0, 0.1) is 11.6 Å². The van der Waals surface area contributed by atoms with Crippen molar-refractivity contribution >= 4 is 63.5 Å². The van der Waals surface area contributed by atoms with Gasteiger partial charge < -0.3 is 14.8 Å². The van der Waals surface area contributed by atoms with Gasteiger partial charge >= 0.3 is 12.3 Å². The largest absolute Gasteiger partial charge is 0.444 e. The molecular weight excluding hydrogens is 789 g/mol. The summed E-state index contributed by atoms with van der Waals surface area (Å²) in [5.41, 5.74) is -0.165. The zero-order valence-electron chi connectivity index (χ0n) is 31.1. The van der Waals surface area contributed by atoms with Gasteiger partial charge in [-0.3, -0.25) is 9.40 Å². The second-order valence-corrected chi connectivity index (χ2v) is 23.1. The molecule has 3 heterocycles. The molecule has 1 amide bonds. The number of nitrogens with zero attached hydrogens (tertiary/aromatic N) is 5. The summed E-state index contributed by atoms with van der Waals surface area (Å²) in [6, 6.07) is 6.83. The lowest BCUT2D eigenvalue weighted by atomic mass is 9.93. The van der Waals surface area contributed by atoms with Gasteiger partial charge in [0, 0.05) is 31.9 Å². The van der Waals surface area contributed by atoms with Gasteiger partial charge in [-0.15, -0.1) is 0 Å². The Morgan fingerprint density at radius 3 is 2.29 bits per heavy atom. The molecule has 0 aliphatic rings. The molecule has 0 radical (unpaired) electrons. The third kappa shape index (κ3) is 11.1. The zero-order chi connectivity index (χ0) is 40.7. The van der Waals surface area contributed by atoms with E-state index in [2.05, 4.69) is 39.9 Å². The van der Waals surface area contributed by atoms with Gasteiger partial charge in [-0.05, 0) is 63.1 Å². The number of hydrogen-bond acceptors (Lipinski definition) is 8. The molecule has 1 atom stereocenters. The highest BCUT2D eigenvalue weighted by Gasteiger charge is 2.33. The fourth-order valence-corrected chi connectivity index (χ4v) is 7.29. The Hall–Kier alpha value is -4.33. The summed E-state index contributed by atoms with van der Waals surface area (Å²) in [6.07, 6.45) is -3.75. The fraction of sp³-hybridized carbons (Fsp3) is 0.429. The van der Waals surface area contributed by atoms with Gasteiger partial charge in [0.25, 0.3) is 0 Å². The number of carbonyl (C=O) groups is 1. The van der Waals surface area contributed by atoms with E-state index in [4.69, 9.17) is 26.1 Å². The molecule has 0 unspecified atom stereocenters. The number of carbonyl (C=O) groups excluding carboxylic acids is 1. The Morgan fingerprint density at radius 2 is 1.69 bits per heavy atom. The number of amides is 1. The van der Waals surface area contributed by atoms with Crippen molar-refractivity contribution in [1.29, 1.82) is 0 Å². The second-order valence-electron chi connectivity index (χ2n) is 15.3. The van der Waals surface area contributed by atoms with Crippen LogP contribution in [0.25, 0.3) is 33.1 Å². The van der Waals surface area contributed by atoms with Crippen molar-refractivity contribution in [3.63, 3.8) is 0 Å². The van der Waals surface area contributed by atoms with Gasteiger partial charge in [-0.25, -0.2) is 31.7 Å². The van der Waals surface area contributed by atoms with E-state index in [1.807, 2.05) is 0 Å². The molecule has 5 rings (SSSR count). The predicted molar refractivity (Wildman–Crippen MR) is 202 cm³/mol. The molecule has 0 bridgehead atoms. The molecule has 2 aromatic carbocycles. The first-order valence-electron chi connectivity index (χ1n) is 17.0. The highest BCUT2D eigenvalue weighted by Crippen LogP contribution is 2.42. The number of hydrogen-bond donors (Lipinski definition) is 2. The monoisotopic (exact) mass is 829 g/mol. The summed E-state index contributed by atoms with van der Waals surface area (Å²) in [4.78, 5) is 18.2. The molecule has 0 fully saturated rings. The lowest BCUT2D eigenvalue weighted by molar-refractivity contribution is -0.141. The number of pyridine rings is 1. The van der Waals surface area contributed by atoms with Gasteiger partial charge in [-0.2, -0.15) is 23.4 Å². The maximum Gasteiger partial charge on any atom is 0.408 e. The number of aromatic nitrogens is 5. The molecular formula is C35H41ClF5N7O5SSi. The standard InChI is InChI=1S/C35H41ClF5N7O5SSi/c1-34(2,3)53-33(49)44-26(14-20-12-21(37)15-22(38)13-20)30-24(16-28-27(43-30)17-42-48(28)19-52-10-11-55(5,6)7)23-8-9-25(36)29-31(23)47(18-35(39,40)41)45-32(29)46-54(4,50)51/h8-9,12-13,15-17,26H,10-11,14,18-19H2,1-7H3,(H,44,49)(H,45,46)/t26-/m0/s1. The minimum atomic E-state index is -4.82. The average molecular weight is 830 g/mol. The maximum absolute atomic E-state index is 14.5. The Balaban J connectivity index is 1.81. The number of benzene rings is 2. The van der Waals surface area contributed by atoms with Gasteiger partial charge in [0.2, 0.25) is 10.0 Å². The lowest BCUT2D eigenvalue weighted by Crippen LogP contribution is -2.36. The molecule has 20 heteroatoms. The number of nitrogens with one attached hydrogen (secondary N) is 2. The molecule has 3 aromatic heterocycles. The van der Waals surface area contributed by atoms with Crippen LogP contribution in [0.1, 0.15) is 38.1 Å². The number of rotatable bonds is 13. The Bertz CT molecular complexity index is 2320. The molecule has 5 aromatic rings. The van der Waals surface area contributed by atoms with Crippen LogP contribution in [0.3, 0.4) is 0 Å². The normalized spacial score (nSPS) is 13.4. The Kier molecular flexibility index (Phi) is 11.9. The van der Waals surface area contributed by atoms with Gasteiger partial charge in [0.05, 0.1) is 45.6 Å². The summed E-state index contributed by atoms with van der Waals surface area (Å²) in [7, 11) is -5.50. The van der Waals surface area contributed by atoms with Crippen LogP contribution in [0.5, 0.6) is 0 Å². The maximum atomic E-state index is 14.5. The number of anilines is 1. The van der Waals surface area contributed by atoms with E-state index in [1.165, 1.54) is 23.0 Å². The molecule has 55 heavy (non-hydrogen) atoms. The van der Waals surface area contributed by atoms with Crippen molar-refractivity contribution in [3.8, 4) is 11.1 Å². The lowest BCUT2D eigenvalue weighted by Gasteiger charge is -2.25. The SMILES string of the molecule is CC(C)(C)OC(=O)N[C@@H](Cc1cc(F)cc(F)c1)c1nc2cnn(COCC[Si](C)(C)C)c2cc1-c1ccc(Cl)c2c(NS(C)(=O)=O)nn(CC(F)(F)F)c12. The highest BCUT2D eigenvalue weighted by atomic mass is 35.5. The Morgan fingerprint density at radius 1 is 1.02 bits per heavy atom. The zero-order valence-corrected chi connectivity index (χ0v) is 33.7. The van der Waals surface area contributed by atoms with Crippen LogP contribution in [-0.4, -0.2) is 71.8 Å². The predicted octanol–water partition coefficient (Wildman–Crippen LogP) is 8.43. The molecule has 0 saturated heterocycles. The number of alkyl carbamates (subject to hydrolysis) is 1. The summed E-state index contributed by atoms with van der Waals surface area (Å²) < 4.78 is 112. The van der Waals surface area contributed by atoms with Gasteiger partial charge in [-0.1, -0.05) is 37.3 Å². The van der Waals surface area contributed by atoms with E-state index in [-0.39, 0.29) is 51.5 Å². The third-order valence-electron chi connectivity index (χ3n) is 8.00. The minimum absolute atomic E-state index is 0.00106. The molecule has 0 aliphatic heterocycles. The molecule has 298 valence electrons. The molecule has 12 nitrogen and oxygen atoms in total. The molecule has 0 aliphatic carbocycles. The van der Waals surface area contributed by atoms with Crippen molar-refractivity contribution in [3.05, 3.63) is 70.5 Å². The summed E-state index contributed by atoms with van der Waals surface area (Å²) in [5.74, 6) is -2.22. The van der Waals surface area contributed by atoms with Crippen molar-refractivity contribution in [2.75, 3.05) is 17.6 Å². The van der Waals surface area contributed by atoms with Crippen LogP contribution in [-0.2, 0) is 39.2 Å². The van der Waals surface area contributed by atoms with Crippen LogP contribution in [0.4, 0.5) is 32.6 Å². The van der Waals surface area contributed by atoms with Crippen LogP contribution >= 0.6 is 11.6 Å². The van der Waals surface area contributed by atoms with Crippen LogP contribution < -0.4 is 10.0 Å². The summed E-state index contributed by atoms with van der Waals surface area (Å²) >= 11 is 6.55. The Labute approximate surface area is 320 Å². The topological polar surface area (TPSA) is 142 Å². The van der Waals surface area contributed by atoms with Gasteiger partial charge in [0.15, 0.2) is 5.82 Å².